The zero-order chi connectivity index (χ0) is 27.5. The number of amides is 1. The molecule has 0 atom stereocenters. The highest BCUT2D eigenvalue weighted by Crippen LogP contribution is 2.20. The normalized spacial score (nSPS) is 11.8. The molecule has 0 aliphatic carbocycles. The number of halogens is 1. The van der Waals surface area contributed by atoms with Crippen LogP contribution in [0.3, 0.4) is 0 Å². The Balaban J connectivity index is 1.81. The van der Waals surface area contributed by atoms with E-state index in [1.54, 1.807) is 35.2 Å². The van der Waals surface area contributed by atoms with E-state index in [1.165, 1.54) is 4.31 Å². The van der Waals surface area contributed by atoms with E-state index >= 15 is 0 Å². The Labute approximate surface area is 232 Å². The molecule has 0 aliphatic rings. The quantitative estimate of drug-likeness (QED) is 0.237. The topological polar surface area (TPSA) is 71.8 Å². The van der Waals surface area contributed by atoms with Crippen LogP contribution in [-0.4, -0.2) is 60.9 Å². The predicted molar refractivity (Wildman–Crippen MR) is 152 cm³/mol. The molecule has 38 heavy (non-hydrogen) atoms. The van der Waals surface area contributed by atoms with Gasteiger partial charge in [0.15, 0.2) is 0 Å². The molecule has 3 aromatic rings. The van der Waals surface area contributed by atoms with Crippen LogP contribution in [0.5, 0.6) is 0 Å². The van der Waals surface area contributed by atoms with E-state index in [2.05, 4.69) is 4.57 Å². The number of aromatic nitrogens is 1. The maximum atomic E-state index is 13.7. The van der Waals surface area contributed by atoms with Crippen molar-refractivity contribution in [1.29, 1.82) is 0 Å². The molecule has 7 nitrogen and oxygen atoms in total. The van der Waals surface area contributed by atoms with E-state index in [9.17, 15) is 13.2 Å². The summed E-state index contributed by atoms with van der Waals surface area (Å²) in [4.78, 5) is 15.6. The molecule has 1 amide bonds. The number of carbonyl (C=O) groups is 1. The molecule has 0 unspecified atom stereocenters. The molecule has 0 spiro atoms. The summed E-state index contributed by atoms with van der Waals surface area (Å²) in [5.41, 5.74) is 1.94. The maximum Gasteiger partial charge on any atom is 0.243 e. The van der Waals surface area contributed by atoms with E-state index in [1.807, 2.05) is 63.4 Å². The first-order chi connectivity index (χ1) is 18.2. The molecule has 3 rings (SSSR count). The van der Waals surface area contributed by atoms with Crippen molar-refractivity contribution in [3.05, 3.63) is 89.2 Å². The number of sulfonamides is 1. The Morgan fingerprint density at radius 2 is 1.74 bits per heavy atom. The van der Waals surface area contributed by atoms with Crippen LogP contribution >= 0.6 is 11.6 Å². The van der Waals surface area contributed by atoms with Gasteiger partial charge in [0.2, 0.25) is 15.9 Å². The summed E-state index contributed by atoms with van der Waals surface area (Å²) in [7, 11) is -3.85. The minimum atomic E-state index is -3.85. The van der Waals surface area contributed by atoms with Crippen molar-refractivity contribution in [3.63, 3.8) is 0 Å². The van der Waals surface area contributed by atoms with E-state index in [-0.39, 0.29) is 29.8 Å². The van der Waals surface area contributed by atoms with Crippen LogP contribution in [0.15, 0.2) is 77.8 Å². The molecular weight excluding hydrogens is 522 g/mol. The third kappa shape index (κ3) is 8.43. The molecule has 0 N–H and O–H groups in total. The van der Waals surface area contributed by atoms with Crippen LogP contribution in [0.4, 0.5) is 0 Å². The number of nitrogens with zero attached hydrogens (tertiary/aromatic N) is 3. The standard InChI is InChI=1S/C29H38ClN3O4S/c1-4-37-19-11-18-33(38(35,36)27-14-6-5-7-15-27)23-29(34)32(20-24(2)3)22-26-13-10-17-31(26)21-25-12-8-9-16-28(25)30/h5-10,12-17,24H,4,11,18-23H2,1-3H3. The van der Waals surface area contributed by atoms with Gasteiger partial charge in [-0.05, 0) is 55.2 Å². The van der Waals surface area contributed by atoms with Gasteiger partial charge in [-0.25, -0.2) is 8.42 Å². The number of carbonyl (C=O) groups excluding carboxylic acids is 1. The number of ether oxygens (including phenoxy) is 1. The first kappa shape index (κ1) is 29.9. The molecule has 2 aromatic carbocycles. The highest BCUT2D eigenvalue weighted by Gasteiger charge is 2.28. The van der Waals surface area contributed by atoms with Gasteiger partial charge < -0.3 is 14.2 Å². The third-order valence-corrected chi connectivity index (χ3v) is 8.33. The van der Waals surface area contributed by atoms with Gasteiger partial charge in [0.25, 0.3) is 0 Å². The minimum Gasteiger partial charge on any atom is -0.382 e. The lowest BCUT2D eigenvalue weighted by molar-refractivity contribution is -0.132. The van der Waals surface area contributed by atoms with Crippen LogP contribution in [0.1, 0.15) is 38.4 Å². The monoisotopic (exact) mass is 559 g/mol. The second kappa shape index (κ2) is 14.5. The summed E-state index contributed by atoms with van der Waals surface area (Å²) in [6, 6.07) is 19.9. The van der Waals surface area contributed by atoms with Gasteiger partial charge in [-0.3, -0.25) is 4.79 Å². The van der Waals surface area contributed by atoms with E-state index in [0.717, 1.165) is 11.3 Å². The Morgan fingerprint density at radius 3 is 2.42 bits per heavy atom. The summed E-state index contributed by atoms with van der Waals surface area (Å²) < 4.78 is 35.7. The van der Waals surface area contributed by atoms with Crippen molar-refractivity contribution in [2.24, 2.45) is 5.92 Å². The van der Waals surface area contributed by atoms with E-state index in [0.29, 0.717) is 44.3 Å². The molecule has 206 valence electrons. The summed E-state index contributed by atoms with van der Waals surface area (Å²) in [6.07, 6.45) is 2.47. The number of hydrogen-bond donors (Lipinski definition) is 0. The van der Waals surface area contributed by atoms with Gasteiger partial charge in [-0.1, -0.05) is 61.8 Å². The van der Waals surface area contributed by atoms with Crippen molar-refractivity contribution < 1.29 is 17.9 Å². The zero-order valence-electron chi connectivity index (χ0n) is 22.4. The Morgan fingerprint density at radius 1 is 1.03 bits per heavy atom. The molecule has 0 aliphatic heterocycles. The molecule has 0 fully saturated rings. The second-order valence-electron chi connectivity index (χ2n) is 9.59. The molecule has 0 saturated carbocycles. The molecule has 0 radical (unpaired) electrons. The van der Waals surface area contributed by atoms with Crippen LogP contribution < -0.4 is 0 Å². The van der Waals surface area contributed by atoms with Gasteiger partial charge >= 0.3 is 0 Å². The Hall–Kier alpha value is -2.65. The predicted octanol–water partition coefficient (Wildman–Crippen LogP) is 5.29. The zero-order valence-corrected chi connectivity index (χ0v) is 24.0. The highest BCUT2D eigenvalue weighted by molar-refractivity contribution is 7.89. The Bertz CT molecular complexity index is 1260. The SMILES string of the molecule is CCOCCCN(CC(=O)N(Cc1cccn1Cc1ccccc1Cl)CC(C)C)S(=O)(=O)c1ccccc1. The van der Waals surface area contributed by atoms with Gasteiger partial charge in [0, 0.05) is 49.8 Å². The molecule has 0 saturated heterocycles. The summed E-state index contributed by atoms with van der Waals surface area (Å²) in [5, 5.41) is 0.691. The molecule has 1 aromatic heterocycles. The van der Waals surface area contributed by atoms with Crippen LogP contribution in [0, 0.1) is 5.92 Å². The lowest BCUT2D eigenvalue weighted by atomic mass is 10.2. The fraction of sp³-hybridized carbons (Fsp3) is 0.414. The van der Waals surface area contributed by atoms with Crippen molar-refractivity contribution in [2.45, 2.75) is 45.2 Å². The largest absolute Gasteiger partial charge is 0.382 e. The fourth-order valence-corrected chi connectivity index (χ4v) is 5.86. The van der Waals surface area contributed by atoms with Crippen molar-refractivity contribution in [3.8, 4) is 0 Å². The average Bonchev–Trinajstić information content (AvgIpc) is 3.33. The minimum absolute atomic E-state index is 0.174. The van der Waals surface area contributed by atoms with Crippen LogP contribution in [0.2, 0.25) is 5.02 Å². The second-order valence-corrected chi connectivity index (χ2v) is 11.9. The molecule has 9 heteroatoms. The molecule has 0 bridgehead atoms. The lowest BCUT2D eigenvalue weighted by Gasteiger charge is -2.29. The third-order valence-electron chi connectivity index (χ3n) is 6.11. The number of benzene rings is 2. The van der Waals surface area contributed by atoms with Crippen molar-refractivity contribution in [1.82, 2.24) is 13.8 Å². The highest BCUT2D eigenvalue weighted by atomic mass is 35.5. The smallest absolute Gasteiger partial charge is 0.243 e. The molecular formula is C29H38ClN3O4S. The van der Waals surface area contributed by atoms with Crippen molar-refractivity contribution >= 4 is 27.5 Å². The van der Waals surface area contributed by atoms with Gasteiger partial charge in [0.05, 0.1) is 18.0 Å². The van der Waals surface area contributed by atoms with Gasteiger partial charge in [0.1, 0.15) is 0 Å². The summed E-state index contributed by atoms with van der Waals surface area (Å²) in [5.74, 6) is -0.0248. The number of rotatable bonds is 15. The number of hydrogen-bond acceptors (Lipinski definition) is 4. The van der Waals surface area contributed by atoms with Crippen LogP contribution in [0.25, 0.3) is 0 Å². The van der Waals surface area contributed by atoms with Crippen molar-refractivity contribution in [2.75, 3.05) is 32.8 Å². The summed E-state index contributed by atoms with van der Waals surface area (Å²) >= 11 is 6.38. The van der Waals surface area contributed by atoms with Gasteiger partial charge in [-0.2, -0.15) is 4.31 Å². The fourth-order valence-electron chi connectivity index (χ4n) is 4.21. The van der Waals surface area contributed by atoms with Gasteiger partial charge in [-0.15, -0.1) is 0 Å². The first-order valence-corrected chi connectivity index (χ1v) is 14.8. The van der Waals surface area contributed by atoms with E-state index in [4.69, 9.17) is 16.3 Å². The lowest BCUT2D eigenvalue weighted by Crippen LogP contribution is -2.44. The van der Waals surface area contributed by atoms with E-state index < -0.39 is 10.0 Å². The summed E-state index contributed by atoms with van der Waals surface area (Å²) in [6.45, 7) is 8.39. The van der Waals surface area contributed by atoms with Crippen LogP contribution in [-0.2, 0) is 32.6 Å². The average molecular weight is 560 g/mol. The Kier molecular flexibility index (Phi) is 11.4. The maximum absolute atomic E-state index is 13.7. The first-order valence-electron chi connectivity index (χ1n) is 13.0. The molecule has 1 heterocycles.